The molecule has 0 saturated carbocycles. The Morgan fingerprint density at radius 1 is 0.903 bits per heavy atom. The van der Waals surface area contributed by atoms with Crippen molar-refractivity contribution in [2.45, 2.75) is 13.8 Å². The van der Waals surface area contributed by atoms with E-state index in [1.165, 1.54) is 0 Å². The van der Waals surface area contributed by atoms with Gasteiger partial charge in [0.25, 0.3) is 5.91 Å². The molecule has 1 saturated heterocycles. The summed E-state index contributed by atoms with van der Waals surface area (Å²) in [7, 11) is 0. The van der Waals surface area contributed by atoms with Crippen LogP contribution in [0.25, 0.3) is 5.69 Å². The van der Waals surface area contributed by atoms with Crippen LogP contribution in [-0.2, 0) is 4.79 Å². The summed E-state index contributed by atoms with van der Waals surface area (Å²) in [5.74, 6) is -0.287. The standard InChI is InChI=1S/C24H27N5O2/c1-18-23(19(2)29(26-18)21-11-7-4-8-12-21)28-15-13-27(14-16-28)22(30)17-25-24(31)20-9-5-3-6-10-20/h3-12H,13-17H2,1-2H3,(H,25,31). The molecule has 1 N–H and O–H groups in total. The molecule has 7 nitrogen and oxygen atoms in total. The fraction of sp³-hybridized carbons (Fsp3) is 0.292. The number of aryl methyl sites for hydroxylation is 1. The van der Waals surface area contributed by atoms with Crippen molar-refractivity contribution in [2.24, 2.45) is 0 Å². The van der Waals surface area contributed by atoms with Crippen molar-refractivity contribution in [3.63, 3.8) is 0 Å². The van der Waals surface area contributed by atoms with E-state index < -0.39 is 0 Å². The van der Waals surface area contributed by atoms with E-state index in [9.17, 15) is 9.59 Å². The number of rotatable bonds is 5. The number of benzene rings is 2. The van der Waals surface area contributed by atoms with E-state index in [1.807, 2.05) is 52.9 Å². The maximum absolute atomic E-state index is 12.6. The fourth-order valence-electron chi connectivity index (χ4n) is 4.05. The Morgan fingerprint density at radius 3 is 2.16 bits per heavy atom. The molecule has 0 aliphatic carbocycles. The Morgan fingerprint density at radius 2 is 1.52 bits per heavy atom. The van der Waals surface area contributed by atoms with Crippen molar-refractivity contribution in [1.29, 1.82) is 0 Å². The van der Waals surface area contributed by atoms with E-state index in [0.717, 1.165) is 35.9 Å². The first-order valence-corrected chi connectivity index (χ1v) is 10.5. The van der Waals surface area contributed by atoms with Crippen LogP contribution in [0.4, 0.5) is 5.69 Å². The topological polar surface area (TPSA) is 70.5 Å². The normalized spacial score (nSPS) is 13.9. The summed E-state index contributed by atoms with van der Waals surface area (Å²) in [6.07, 6.45) is 0. The molecule has 2 heterocycles. The maximum atomic E-state index is 12.6. The van der Waals surface area contributed by atoms with E-state index in [2.05, 4.69) is 17.1 Å². The van der Waals surface area contributed by atoms with E-state index in [-0.39, 0.29) is 18.4 Å². The lowest BCUT2D eigenvalue weighted by atomic mass is 10.2. The summed E-state index contributed by atoms with van der Waals surface area (Å²) >= 11 is 0. The van der Waals surface area contributed by atoms with Gasteiger partial charge in [-0.05, 0) is 38.1 Å². The molecule has 3 aromatic rings. The number of para-hydroxylation sites is 1. The molecule has 0 atom stereocenters. The molecule has 0 spiro atoms. The summed E-state index contributed by atoms with van der Waals surface area (Å²) in [6.45, 7) is 6.83. The van der Waals surface area contributed by atoms with Crippen molar-refractivity contribution >= 4 is 17.5 Å². The lowest BCUT2D eigenvalue weighted by Crippen LogP contribution is -2.51. The molecule has 0 unspecified atom stereocenters. The first kappa shape index (κ1) is 20.7. The highest BCUT2D eigenvalue weighted by Gasteiger charge is 2.25. The lowest BCUT2D eigenvalue weighted by Gasteiger charge is -2.36. The van der Waals surface area contributed by atoms with Gasteiger partial charge in [-0.15, -0.1) is 0 Å². The Balaban J connectivity index is 1.35. The molecule has 0 bridgehead atoms. The van der Waals surface area contributed by atoms with Crippen LogP contribution in [0.3, 0.4) is 0 Å². The smallest absolute Gasteiger partial charge is 0.251 e. The van der Waals surface area contributed by atoms with Gasteiger partial charge in [-0.2, -0.15) is 5.10 Å². The van der Waals surface area contributed by atoms with Crippen LogP contribution in [0.5, 0.6) is 0 Å². The molecular formula is C24H27N5O2. The number of aromatic nitrogens is 2. The average Bonchev–Trinajstić information content (AvgIpc) is 3.12. The third kappa shape index (κ3) is 4.45. The van der Waals surface area contributed by atoms with E-state index in [0.29, 0.717) is 18.7 Å². The maximum Gasteiger partial charge on any atom is 0.251 e. The van der Waals surface area contributed by atoms with Crippen molar-refractivity contribution in [2.75, 3.05) is 37.6 Å². The minimum absolute atomic E-state index is 0.0116. The van der Waals surface area contributed by atoms with Gasteiger partial charge in [-0.3, -0.25) is 9.59 Å². The first-order chi connectivity index (χ1) is 15.0. The summed E-state index contributed by atoms with van der Waals surface area (Å²) in [4.78, 5) is 28.8. The molecule has 160 valence electrons. The van der Waals surface area contributed by atoms with Gasteiger partial charge in [0.05, 0.1) is 29.3 Å². The third-order valence-corrected chi connectivity index (χ3v) is 5.64. The number of hydrogen-bond acceptors (Lipinski definition) is 4. The number of amides is 2. The Hall–Kier alpha value is -3.61. The molecule has 7 heteroatoms. The molecule has 1 aliphatic heterocycles. The van der Waals surface area contributed by atoms with Gasteiger partial charge in [0.1, 0.15) is 0 Å². The highest BCUT2D eigenvalue weighted by Crippen LogP contribution is 2.27. The van der Waals surface area contributed by atoms with Gasteiger partial charge >= 0.3 is 0 Å². The Kier molecular flexibility index (Phi) is 6.02. The van der Waals surface area contributed by atoms with Crippen molar-refractivity contribution in [3.05, 3.63) is 77.6 Å². The van der Waals surface area contributed by atoms with Crippen LogP contribution in [-0.4, -0.2) is 59.2 Å². The van der Waals surface area contributed by atoms with Crippen LogP contribution < -0.4 is 10.2 Å². The molecule has 1 aromatic heterocycles. The molecule has 31 heavy (non-hydrogen) atoms. The summed E-state index contributed by atoms with van der Waals surface area (Å²) in [5.41, 5.74) is 4.81. The Labute approximate surface area is 182 Å². The molecule has 1 aliphatic rings. The predicted molar refractivity (Wildman–Crippen MR) is 121 cm³/mol. The second-order valence-electron chi connectivity index (χ2n) is 7.68. The SMILES string of the molecule is Cc1nn(-c2ccccc2)c(C)c1N1CCN(C(=O)CNC(=O)c2ccccc2)CC1. The minimum Gasteiger partial charge on any atom is -0.365 e. The van der Waals surface area contributed by atoms with Crippen LogP contribution in [0, 0.1) is 13.8 Å². The van der Waals surface area contributed by atoms with Crippen molar-refractivity contribution < 1.29 is 9.59 Å². The summed E-state index contributed by atoms with van der Waals surface area (Å²) in [5, 5.41) is 7.46. The predicted octanol–water partition coefficient (Wildman–Crippen LogP) is 2.57. The molecular weight excluding hydrogens is 390 g/mol. The van der Waals surface area contributed by atoms with Gasteiger partial charge in [-0.1, -0.05) is 36.4 Å². The summed E-state index contributed by atoms with van der Waals surface area (Å²) < 4.78 is 1.97. The lowest BCUT2D eigenvalue weighted by molar-refractivity contribution is -0.130. The molecule has 2 amide bonds. The second-order valence-corrected chi connectivity index (χ2v) is 7.68. The monoisotopic (exact) mass is 417 g/mol. The van der Waals surface area contributed by atoms with Crippen LogP contribution in [0.2, 0.25) is 0 Å². The number of hydrogen-bond donors (Lipinski definition) is 1. The molecule has 2 aromatic carbocycles. The number of carbonyl (C=O) groups excluding carboxylic acids is 2. The van der Waals surface area contributed by atoms with Crippen LogP contribution in [0.15, 0.2) is 60.7 Å². The van der Waals surface area contributed by atoms with Crippen molar-refractivity contribution in [1.82, 2.24) is 20.0 Å². The van der Waals surface area contributed by atoms with E-state index >= 15 is 0 Å². The van der Waals surface area contributed by atoms with Crippen molar-refractivity contribution in [3.8, 4) is 5.69 Å². The molecule has 4 rings (SSSR count). The Bertz CT molecular complexity index is 1050. The number of piperazine rings is 1. The minimum atomic E-state index is -0.229. The van der Waals surface area contributed by atoms with Crippen LogP contribution >= 0.6 is 0 Å². The van der Waals surface area contributed by atoms with Crippen LogP contribution in [0.1, 0.15) is 21.7 Å². The quantitative estimate of drug-likeness (QED) is 0.693. The van der Waals surface area contributed by atoms with E-state index in [4.69, 9.17) is 5.10 Å². The number of anilines is 1. The zero-order chi connectivity index (χ0) is 21.8. The second kappa shape index (κ2) is 9.04. The fourth-order valence-corrected chi connectivity index (χ4v) is 4.05. The molecule has 0 radical (unpaired) electrons. The highest BCUT2D eigenvalue weighted by atomic mass is 16.2. The zero-order valence-corrected chi connectivity index (χ0v) is 17.9. The highest BCUT2D eigenvalue weighted by molar-refractivity contribution is 5.96. The number of nitrogens with one attached hydrogen (secondary N) is 1. The van der Waals surface area contributed by atoms with Gasteiger partial charge < -0.3 is 15.1 Å². The number of carbonyl (C=O) groups is 2. The van der Waals surface area contributed by atoms with Gasteiger partial charge in [0.2, 0.25) is 5.91 Å². The van der Waals surface area contributed by atoms with Gasteiger partial charge in [0, 0.05) is 31.7 Å². The number of nitrogens with zero attached hydrogens (tertiary/aromatic N) is 4. The van der Waals surface area contributed by atoms with Gasteiger partial charge in [-0.25, -0.2) is 4.68 Å². The average molecular weight is 418 g/mol. The van der Waals surface area contributed by atoms with Gasteiger partial charge in [0.15, 0.2) is 0 Å². The largest absolute Gasteiger partial charge is 0.365 e. The first-order valence-electron chi connectivity index (χ1n) is 10.5. The summed E-state index contributed by atoms with van der Waals surface area (Å²) in [6, 6.07) is 19.0. The zero-order valence-electron chi connectivity index (χ0n) is 17.9. The van der Waals surface area contributed by atoms with E-state index in [1.54, 1.807) is 24.3 Å². The third-order valence-electron chi connectivity index (χ3n) is 5.64. The molecule has 1 fully saturated rings.